The zero-order valence-corrected chi connectivity index (χ0v) is 18.8. The van der Waals surface area contributed by atoms with E-state index in [1.807, 2.05) is 18.3 Å². The summed E-state index contributed by atoms with van der Waals surface area (Å²) >= 11 is 6.29. The smallest absolute Gasteiger partial charge is 0.228 e. The second kappa shape index (κ2) is 9.59. The maximum atomic E-state index is 6.29. The Balaban J connectivity index is 0.00000256. The molecule has 4 rings (SSSR count). The molecule has 3 aromatic rings. The number of likely N-dealkylation sites (N-methyl/N-ethyl adjacent to an activating group) is 1. The van der Waals surface area contributed by atoms with Crippen LogP contribution in [-0.4, -0.2) is 63.3 Å². The Morgan fingerprint density at radius 3 is 2.53 bits per heavy atom. The molecule has 0 radical (unpaired) electrons. The van der Waals surface area contributed by atoms with Gasteiger partial charge in [-0.2, -0.15) is 5.10 Å². The lowest BCUT2D eigenvalue weighted by Crippen LogP contribution is -2.44. The fourth-order valence-electron chi connectivity index (χ4n) is 3.38. The van der Waals surface area contributed by atoms with Crippen LogP contribution in [0.5, 0.6) is 0 Å². The summed E-state index contributed by atoms with van der Waals surface area (Å²) in [5.41, 5.74) is 3.61. The van der Waals surface area contributed by atoms with Gasteiger partial charge in [0.15, 0.2) is 5.15 Å². The molecule has 0 atom stereocenters. The standard InChI is InChI=1S/C20H25ClN8.ClH/c1-13(2)18-17(19(21)27-26-18)15-6-7-22-20(24-15)25-16-5-4-14(12-23-16)29-10-8-28(3)9-11-29;/h4-7,12-13H,8-11H2,1-3H3,(H,26,27)(H,22,23,24,25);1H. The summed E-state index contributed by atoms with van der Waals surface area (Å²) in [7, 11) is 2.15. The summed E-state index contributed by atoms with van der Waals surface area (Å²) in [6, 6.07) is 5.86. The summed E-state index contributed by atoms with van der Waals surface area (Å²) in [6.07, 6.45) is 3.60. The Hall–Kier alpha value is -2.42. The van der Waals surface area contributed by atoms with Crippen molar-refractivity contribution in [2.24, 2.45) is 0 Å². The molecule has 0 unspecified atom stereocenters. The molecule has 0 aromatic carbocycles. The van der Waals surface area contributed by atoms with Crippen LogP contribution in [0.25, 0.3) is 11.3 Å². The van der Waals surface area contributed by atoms with Gasteiger partial charge in [0.25, 0.3) is 0 Å². The molecule has 0 bridgehead atoms. The third kappa shape index (κ3) is 4.83. The number of piperazine rings is 1. The number of nitrogens with zero attached hydrogens (tertiary/aromatic N) is 6. The van der Waals surface area contributed by atoms with Gasteiger partial charge < -0.3 is 15.1 Å². The van der Waals surface area contributed by atoms with Gasteiger partial charge in [0.2, 0.25) is 5.95 Å². The maximum Gasteiger partial charge on any atom is 0.228 e. The number of H-pyrrole nitrogens is 1. The molecule has 4 heterocycles. The first kappa shape index (κ1) is 22.3. The second-order valence-corrected chi connectivity index (χ2v) is 7.90. The van der Waals surface area contributed by atoms with E-state index < -0.39 is 0 Å². The number of aromatic nitrogens is 5. The largest absolute Gasteiger partial charge is 0.368 e. The number of aromatic amines is 1. The van der Waals surface area contributed by atoms with Crippen molar-refractivity contribution in [1.82, 2.24) is 30.0 Å². The summed E-state index contributed by atoms with van der Waals surface area (Å²) < 4.78 is 0. The number of rotatable bonds is 5. The Labute approximate surface area is 187 Å². The molecule has 160 valence electrons. The molecule has 0 aliphatic carbocycles. The summed E-state index contributed by atoms with van der Waals surface area (Å²) in [4.78, 5) is 18.1. The summed E-state index contributed by atoms with van der Waals surface area (Å²) in [5, 5.41) is 10.7. The maximum absolute atomic E-state index is 6.29. The van der Waals surface area contributed by atoms with Crippen LogP contribution >= 0.6 is 24.0 Å². The van der Waals surface area contributed by atoms with Crippen molar-refractivity contribution < 1.29 is 0 Å². The van der Waals surface area contributed by atoms with E-state index in [0.29, 0.717) is 16.9 Å². The van der Waals surface area contributed by atoms with Gasteiger partial charge in [-0.3, -0.25) is 5.10 Å². The highest BCUT2D eigenvalue weighted by Gasteiger charge is 2.18. The lowest BCUT2D eigenvalue weighted by atomic mass is 10.0. The summed E-state index contributed by atoms with van der Waals surface area (Å²) in [6.45, 7) is 8.32. The van der Waals surface area contributed by atoms with Crippen LogP contribution in [0.3, 0.4) is 0 Å². The van der Waals surface area contributed by atoms with Crippen molar-refractivity contribution >= 4 is 41.5 Å². The van der Waals surface area contributed by atoms with E-state index in [0.717, 1.165) is 48.8 Å². The van der Waals surface area contributed by atoms with Crippen LogP contribution in [0.1, 0.15) is 25.5 Å². The minimum absolute atomic E-state index is 0. The summed E-state index contributed by atoms with van der Waals surface area (Å²) in [5.74, 6) is 1.41. The van der Waals surface area contributed by atoms with Crippen molar-refractivity contribution in [2.45, 2.75) is 19.8 Å². The number of halogens is 2. The van der Waals surface area contributed by atoms with Gasteiger partial charge in [0.1, 0.15) is 5.82 Å². The average Bonchev–Trinajstić information content (AvgIpc) is 3.11. The fourth-order valence-corrected chi connectivity index (χ4v) is 3.62. The molecule has 2 N–H and O–H groups in total. The Kier molecular flexibility index (Phi) is 7.12. The van der Waals surface area contributed by atoms with Crippen LogP contribution in [0.2, 0.25) is 5.15 Å². The predicted octanol–water partition coefficient (Wildman–Crippen LogP) is 3.96. The van der Waals surface area contributed by atoms with E-state index in [1.165, 1.54) is 0 Å². The van der Waals surface area contributed by atoms with Gasteiger partial charge in [-0.05, 0) is 31.2 Å². The monoisotopic (exact) mass is 448 g/mol. The molecule has 3 aromatic heterocycles. The Morgan fingerprint density at radius 1 is 1.10 bits per heavy atom. The van der Waals surface area contributed by atoms with E-state index in [9.17, 15) is 0 Å². The highest BCUT2D eigenvalue weighted by atomic mass is 35.5. The molecule has 0 spiro atoms. The molecule has 1 saturated heterocycles. The average molecular weight is 449 g/mol. The van der Waals surface area contributed by atoms with Crippen molar-refractivity contribution in [3.05, 3.63) is 41.4 Å². The molecule has 30 heavy (non-hydrogen) atoms. The Morgan fingerprint density at radius 2 is 1.87 bits per heavy atom. The van der Waals surface area contributed by atoms with Gasteiger partial charge in [-0.25, -0.2) is 15.0 Å². The van der Waals surface area contributed by atoms with E-state index in [4.69, 9.17) is 11.6 Å². The van der Waals surface area contributed by atoms with E-state index in [1.54, 1.807) is 6.20 Å². The molecule has 0 amide bonds. The van der Waals surface area contributed by atoms with Crippen molar-refractivity contribution in [3.8, 4) is 11.3 Å². The minimum atomic E-state index is 0. The van der Waals surface area contributed by atoms with Gasteiger partial charge in [0.05, 0.1) is 23.1 Å². The van der Waals surface area contributed by atoms with Crippen molar-refractivity contribution in [2.75, 3.05) is 43.4 Å². The highest BCUT2D eigenvalue weighted by molar-refractivity contribution is 6.32. The number of anilines is 3. The highest BCUT2D eigenvalue weighted by Crippen LogP contribution is 2.32. The topological polar surface area (TPSA) is 85.9 Å². The molecular formula is C20H26Cl2N8. The first-order chi connectivity index (χ1) is 14.0. The third-order valence-corrected chi connectivity index (χ3v) is 5.37. The van der Waals surface area contributed by atoms with Gasteiger partial charge >= 0.3 is 0 Å². The van der Waals surface area contributed by atoms with Gasteiger partial charge in [-0.1, -0.05) is 25.4 Å². The molecule has 1 aliphatic rings. The van der Waals surface area contributed by atoms with E-state index in [2.05, 4.69) is 67.2 Å². The molecule has 0 saturated carbocycles. The lowest BCUT2D eigenvalue weighted by Gasteiger charge is -2.33. The van der Waals surface area contributed by atoms with Crippen LogP contribution in [0.4, 0.5) is 17.5 Å². The number of hydrogen-bond donors (Lipinski definition) is 2. The van der Waals surface area contributed by atoms with Crippen LogP contribution in [-0.2, 0) is 0 Å². The van der Waals surface area contributed by atoms with Crippen molar-refractivity contribution in [1.29, 1.82) is 0 Å². The molecule has 1 fully saturated rings. The van der Waals surface area contributed by atoms with E-state index >= 15 is 0 Å². The molecule has 1 aliphatic heterocycles. The Bertz CT molecular complexity index is 965. The van der Waals surface area contributed by atoms with Crippen LogP contribution in [0, 0.1) is 0 Å². The number of pyridine rings is 1. The zero-order valence-electron chi connectivity index (χ0n) is 17.3. The lowest BCUT2D eigenvalue weighted by molar-refractivity contribution is 0.313. The molecule has 8 nitrogen and oxygen atoms in total. The predicted molar refractivity (Wildman–Crippen MR) is 123 cm³/mol. The van der Waals surface area contributed by atoms with E-state index in [-0.39, 0.29) is 18.3 Å². The van der Waals surface area contributed by atoms with Gasteiger partial charge in [0, 0.05) is 38.1 Å². The quantitative estimate of drug-likeness (QED) is 0.610. The zero-order chi connectivity index (χ0) is 20.4. The first-order valence-corrected chi connectivity index (χ1v) is 10.1. The first-order valence-electron chi connectivity index (χ1n) is 9.75. The molecule has 10 heteroatoms. The van der Waals surface area contributed by atoms with Crippen LogP contribution in [0.15, 0.2) is 30.6 Å². The SMILES string of the molecule is CC(C)c1[nH]nc(Cl)c1-c1ccnc(Nc2ccc(N3CCN(C)CC3)cn2)n1.Cl. The minimum Gasteiger partial charge on any atom is -0.368 e. The number of hydrogen-bond acceptors (Lipinski definition) is 7. The van der Waals surface area contributed by atoms with Gasteiger partial charge in [-0.15, -0.1) is 12.4 Å². The third-order valence-electron chi connectivity index (χ3n) is 5.10. The number of nitrogens with one attached hydrogen (secondary N) is 2. The second-order valence-electron chi connectivity index (χ2n) is 7.54. The van der Waals surface area contributed by atoms with Crippen molar-refractivity contribution in [3.63, 3.8) is 0 Å². The van der Waals surface area contributed by atoms with Crippen LogP contribution < -0.4 is 10.2 Å². The molecular weight excluding hydrogens is 423 g/mol. The fraction of sp³-hybridized carbons (Fsp3) is 0.400. The normalized spacial score (nSPS) is 14.6.